The number of rotatable bonds is 6. The summed E-state index contributed by atoms with van der Waals surface area (Å²) in [5, 5.41) is 17.7. The number of aromatic nitrogens is 5. The number of nitrogens with one attached hydrogen (secondary N) is 2. The second kappa shape index (κ2) is 7.40. The summed E-state index contributed by atoms with van der Waals surface area (Å²) in [4.78, 5) is 24.9. The third kappa shape index (κ3) is 3.57. The van der Waals surface area contributed by atoms with Gasteiger partial charge in [0.05, 0.1) is 12.6 Å². The first-order chi connectivity index (χ1) is 13.2. The summed E-state index contributed by atoms with van der Waals surface area (Å²) in [6.45, 7) is 1.59. The minimum absolute atomic E-state index is 0.0538. The van der Waals surface area contributed by atoms with Gasteiger partial charge in [-0.1, -0.05) is 35.5 Å². The second-order valence-electron chi connectivity index (χ2n) is 6.28. The number of hydrogen-bond donors (Lipinski definition) is 2. The molecule has 9 heteroatoms. The first kappa shape index (κ1) is 17.0. The van der Waals surface area contributed by atoms with E-state index in [0.717, 1.165) is 12.0 Å². The molecule has 1 atom stereocenters. The van der Waals surface area contributed by atoms with E-state index in [9.17, 15) is 9.59 Å². The van der Waals surface area contributed by atoms with Crippen LogP contribution in [0.25, 0.3) is 0 Å². The zero-order valence-corrected chi connectivity index (χ0v) is 14.6. The van der Waals surface area contributed by atoms with Crippen molar-refractivity contribution in [2.45, 2.75) is 25.6 Å². The van der Waals surface area contributed by atoms with E-state index in [0.29, 0.717) is 19.6 Å². The zero-order valence-electron chi connectivity index (χ0n) is 14.6. The monoisotopic (exact) mass is 365 g/mol. The van der Waals surface area contributed by atoms with Crippen LogP contribution in [-0.4, -0.2) is 43.1 Å². The second-order valence-corrected chi connectivity index (χ2v) is 6.28. The molecule has 1 aliphatic rings. The number of carbonyl (C=O) groups excluding carboxylic acids is 2. The van der Waals surface area contributed by atoms with Crippen molar-refractivity contribution >= 4 is 11.8 Å². The minimum Gasteiger partial charge on any atom is -0.350 e. The Hall–Kier alpha value is -3.49. The number of amides is 2. The largest absolute Gasteiger partial charge is 0.350 e. The Morgan fingerprint density at radius 3 is 2.89 bits per heavy atom. The first-order valence-corrected chi connectivity index (χ1v) is 8.77. The fourth-order valence-electron chi connectivity index (χ4n) is 3.10. The van der Waals surface area contributed by atoms with Crippen molar-refractivity contribution in [3.05, 3.63) is 65.7 Å². The molecule has 2 amide bonds. The van der Waals surface area contributed by atoms with E-state index in [1.807, 2.05) is 42.6 Å². The van der Waals surface area contributed by atoms with Gasteiger partial charge in [0, 0.05) is 25.5 Å². The first-order valence-electron chi connectivity index (χ1n) is 8.77. The molecule has 0 radical (unpaired) electrons. The van der Waals surface area contributed by atoms with Crippen LogP contribution in [0, 0.1) is 0 Å². The molecule has 0 saturated carbocycles. The number of carbonyl (C=O) groups is 2. The molecule has 4 rings (SSSR count). The lowest BCUT2D eigenvalue weighted by Gasteiger charge is -2.24. The van der Waals surface area contributed by atoms with Crippen molar-refractivity contribution in [3.63, 3.8) is 0 Å². The summed E-state index contributed by atoms with van der Waals surface area (Å²) in [7, 11) is 0. The Morgan fingerprint density at radius 2 is 2.11 bits per heavy atom. The number of hydrogen-bond acceptors (Lipinski definition) is 5. The summed E-state index contributed by atoms with van der Waals surface area (Å²) in [5.41, 5.74) is 1.24. The molecule has 0 bridgehead atoms. The van der Waals surface area contributed by atoms with Crippen molar-refractivity contribution in [1.82, 2.24) is 35.4 Å². The lowest BCUT2D eigenvalue weighted by Crippen LogP contribution is -2.40. The van der Waals surface area contributed by atoms with Gasteiger partial charge in [-0.05, 0) is 18.1 Å². The average molecular weight is 365 g/mol. The van der Waals surface area contributed by atoms with Gasteiger partial charge < -0.3 is 10.6 Å². The summed E-state index contributed by atoms with van der Waals surface area (Å²) in [6.07, 6.45) is 4.30. The molecular weight excluding hydrogens is 346 g/mol. The van der Waals surface area contributed by atoms with E-state index in [4.69, 9.17) is 0 Å². The fraction of sp³-hybridized carbons (Fsp3) is 0.278. The van der Waals surface area contributed by atoms with Gasteiger partial charge in [-0.25, -0.2) is 4.68 Å². The van der Waals surface area contributed by atoms with Gasteiger partial charge in [-0.3, -0.25) is 14.3 Å². The maximum atomic E-state index is 12.5. The van der Waals surface area contributed by atoms with Gasteiger partial charge in [0.1, 0.15) is 0 Å². The Morgan fingerprint density at radius 1 is 1.26 bits per heavy atom. The summed E-state index contributed by atoms with van der Waals surface area (Å²) < 4.78 is 3.29. The van der Waals surface area contributed by atoms with Crippen LogP contribution in [0.4, 0.5) is 0 Å². The van der Waals surface area contributed by atoms with E-state index in [1.54, 1.807) is 10.9 Å². The molecule has 2 N–H and O–H groups in total. The number of fused-ring (bicyclic) bond motifs is 1. The standard InChI is InChI=1S/C18H19N7O2/c26-17(19-8-4-10-24-11-5-9-20-24)15-16-18(27)21-14(12-25(16)23-22-15)13-6-2-1-3-7-13/h1-3,5-7,9,11,14H,4,8,10,12H2,(H,19,26)(H,21,27)/t14-/m1/s1. The summed E-state index contributed by atoms with van der Waals surface area (Å²) >= 11 is 0. The van der Waals surface area contributed by atoms with Crippen molar-refractivity contribution in [2.24, 2.45) is 0 Å². The molecule has 0 fully saturated rings. The van der Waals surface area contributed by atoms with Crippen molar-refractivity contribution in [3.8, 4) is 0 Å². The third-order valence-corrected chi connectivity index (χ3v) is 4.44. The van der Waals surface area contributed by atoms with E-state index >= 15 is 0 Å². The van der Waals surface area contributed by atoms with Crippen LogP contribution in [0.5, 0.6) is 0 Å². The number of nitrogens with zero attached hydrogens (tertiary/aromatic N) is 5. The SMILES string of the molecule is O=C(NCCCn1cccn1)c1nnn2c1C(=O)N[C@@H](c1ccccc1)C2. The van der Waals surface area contributed by atoms with Crippen LogP contribution < -0.4 is 10.6 Å². The van der Waals surface area contributed by atoms with Crippen molar-refractivity contribution in [2.75, 3.05) is 6.54 Å². The Kier molecular flexibility index (Phi) is 4.65. The predicted molar refractivity (Wildman–Crippen MR) is 95.8 cm³/mol. The summed E-state index contributed by atoms with van der Waals surface area (Å²) in [5.74, 6) is -0.744. The molecule has 3 aromatic rings. The number of benzene rings is 1. The van der Waals surface area contributed by atoms with E-state index < -0.39 is 5.91 Å². The van der Waals surface area contributed by atoms with Crippen LogP contribution in [0.2, 0.25) is 0 Å². The number of aryl methyl sites for hydroxylation is 1. The lowest BCUT2D eigenvalue weighted by molar-refractivity contribution is 0.0876. The maximum absolute atomic E-state index is 12.5. The maximum Gasteiger partial charge on any atom is 0.274 e. The molecule has 2 aromatic heterocycles. The zero-order chi connectivity index (χ0) is 18.6. The Bertz CT molecular complexity index is 934. The van der Waals surface area contributed by atoms with E-state index in [-0.39, 0.29) is 23.3 Å². The highest BCUT2D eigenvalue weighted by atomic mass is 16.2. The topological polar surface area (TPSA) is 107 Å². The molecule has 0 saturated heterocycles. The minimum atomic E-state index is -0.398. The normalized spacial score (nSPS) is 15.9. The van der Waals surface area contributed by atoms with Crippen LogP contribution in [-0.2, 0) is 13.1 Å². The highest BCUT2D eigenvalue weighted by Crippen LogP contribution is 2.21. The predicted octanol–water partition coefficient (Wildman–Crippen LogP) is 0.779. The van der Waals surface area contributed by atoms with E-state index in [1.165, 1.54) is 4.68 Å². The molecule has 9 nitrogen and oxygen atoms in total. The van der Waals surface area contributed by atoms with Gasteiger partial charge in [0.15, 0.2) is 11.4 Å². The van der Waals surface area contributed by atoms with Crippen LogP contribution in [0.3, 0.4) is 0 Å². The quantitative estimate of drug-likeness (QED) is 0.628. The Labute approximate surface area is 155 Å². The molecule has 1 aliphatic heterocycles. The molecule has 1 aromatic carbocycles. The average Bonchev–Trinajstić information content (AvgIpc) is 3.35. The van der Waals surface area contributed by atoms with Crippen LogP contribution >= 0.6 is 0 Å². The van der Waals surface area contributed by atoms with Gasteiger partial charge in [0.2, 0.25) is 0 Å². The van der Waals surface area contributed by atoms with Crippen molar-refractivity contribution in [1.29, 1.82) is 0 Å². The molecule has 0 aliphatic carbocycles. The highest BCUT2D eigenvalue weighted by molar-refractivity contribution is 6.05. The molecule has 138 valence electrons. The molecular formula is C18H19N7O2. The molecule has 3 heterocycles. The lowest BCUT2D eigenvalue weighted by atomic mass is 10.0. The van der Waals surface area contributed by atoms with E-state index in [2.05, 4.69) is 26.0 Å². The highest BCUT2D eigenvalue weighted by Gasteiger charge is 2.32. The third-order valence-electron chi connectivity index (χ3n) is 4.44. The van der Waals surface area contributed by atoms with Crippen LogP contribution in [0.15, 0.2) is 48.8 Å². The van der Waals surface area contributed by atoms with Crippen molar-refractivity contribution < 1.29 is 9.59 Å². The fourth-order valence-corrected chi connectivity index (χ4v) is 3.10. The Balaban J connectivity index is 1.40. The van der Waals surface area contributed by atoms with Gasteiger partial charge >= 0.3 is 0 Å². The smallest absolute Gasteiger partial charge is 0.274 e. The summed E-state index contributed by atoms with van der Waals surface area (Å²) in [6, 6.07) is 11.3. The van der Waals surface area contributed by atoms with Gasteiger partial charge in [0.25, 0.3) is 11.8 Å². The van der Waals surface area contributed by atoms with Crippen LogP contribution in [0.1, 0.15) is 39.0 Å². The molecule has 27 heavy (non-hydrogen) atoms. The van der Waals surface area contributed by atoms with Gasteiger partial charge in [-0.2, -0.15) is 5.10 Å². The molecule has 0 spiro atoms. The van der Waals surface area contributed by atoms with Gasteiger partial charge in [-0.15, -0.1) is 5.10 Å². The molecule has 0 unspecified atom stereocenters.